The third-order valence-electron chi connectivity index (χ3n) is 7.19. The number of hydrogen-bond acceptors (Lipinski definition) is 5. The Hall–Kier alpha value is -2.54. The highest BCUT2D eigenvalue weighted by atomic mass is 16.5. The van der Waals surface area contributed by atoms with Gasteiger partial charge >= 0.3 is 0 Å². The van der Waals surface area contributed by atoms with E-state index in [9.17, 15) is 4.79 Å². The summed E-state index contributed by atoms with van der Waals surface area (Å²) in [7, 11) is 1.67. The van der Waals surface area contributed by atoms with Crippen molar-refractivity contribution in [3.8, 4) is 11.5 Å². The van der Waals surface area contributed by atoms with Crippen molar-refractivity contribution < 1.29 is 19.0 Å². The number of para-hydroxylation sites is 1. The van der Waals surface area contributed by atoms with Gasteiger partial charge in [0.1, 0.15) is 5.60 Å². The van der Waals surface area contributed by atoms with Gasteiger partial charge in [-0.25, -0.2) is 0 Å². The first-order valence-corrected chi connectivity index (χ1v) is 11.3. The molecule has 2 fully saturated rings. The van der Waals surface area contributed by atoms with Gasteiger partial charge in [0, 0.05) is 30.6 Å². The number of nitrogens with one attached hydrogen (secondary N) is 1. The molecule has 7 heteroatoms. The summed E-state index contributed by atoms with van der Waals surface area (Å²) >= 11 is 0. The van der Waals surface area contributed by atoms with Gasteiger partial charge in [-0.05, 0) is 51.2 Å². The number of fused-ring (bicyclic) bond motifs is 4. The quantitative estimate of drug-likeness (QED) is 0.791. The molecule has 0 bridgehead atoms. The minimum absolute atomic E-state index is 0.0359. The first-order valence-electron chi connectivity index (χ1n) is 11.3. The van der Waals surface area contributed by atoms with Crippen LogP contribution in [0.15, 0.2) is 30.6 Å². The minimum Gasteiger partial charge on any atom is -0.493 e. The molecule has 0 aliphatic carbocycles. The third kappa shape index (κ3) is 3.59. The second-order valence-electron chi connectivity index (χ2n) is 9.42. The summed E-state index contributed by atoms with van der Waals surface area (Å²) in [6.07, 6.45) is 7.80. The lowest BCUT2D eigenvalue weighted by Crippen LogP contribution is -2.54. The Balaban J connectivity index is 1.31. The molecule has 1 amide bonds. The molecule has 2 aromatic rings. The predicted octanol–water partition coefficient (Wildman–Crippen LogP) is 3.66. The zero-order valence-corrected chi connectivity index (χ0v) is 18.5. The Morgan fingerprint density at radius 3 is 3.03 bits per heavy atom. The van der Waals surface area contributed by atoms with Gasteiger partial charge in [-0.3, -0.25) is 9.89 Å². The molecule has 1 aromatic carbocycles. The van der Waals surface area contributed by atoms with Gasteiger partial charge in [-0.2, -0.15) is 5.10 Å². The average Bonchev–Trinajstić information content (AvgIpc) is 3.41. The van der Waals surface area contributed by atoms with Crippen LogP contribution in [0, 0.1) is 5.92 Å². The highest BCUT2D eigenvalue weighted by Crippen LogP contribution is 2.54. The lowest BCUT2D eigenvalue weighted by molar-refractivity contribution is -0.167. The number of methoxy groups -OCH3 is 1. The standard InChI is InChI=1S/C24H31N3O4/c1-24(2)17-12-18-19(30-22(17)16-7-5-8-20(29-3)23(16)31-24)10-11-27(18)21(28)9-4-6-15-13-25-26-14-15/h5,7-8,13-14,17-19,22H,4,6,9-12H2,1-3H3,(H,25,26)/t17-,18+,19-,22+/m1/s1. The van der Waals surface area contributed by atoms with Gasteiger partial charge < -0.3 is 19.1 Å². The van der Waals surface area contributed by atoms with Gasteiger partial charge in [-0.15, -0.1) is 0 Å². The largest absolute Gasteiger partial charge is 0.493 e. The van der Waals surface area contributed by atoms with Crippen LogP contribution in [0.3, 0.4) is 0 Å². The minimum atomic E-state index is -0.407. The first-order chi connectivity index (χ1) is 15.0. The molecule has 0 spiro atoms. The number of hydrogen-bond donors (Lipinski definition) is 1. The van der Waals surface area contributed by atoms with Crippen molar-refractivity contribution in [1.29, 1.82) is 0 Å². The Kier molecular flexibility index (Phi) is 5.16. The van der Waals surface area contributed by atoms with E-state index in [2.05, 4.69) is 35.0 Å². The number of aromatic nitrogens is 2. The Morgan fingerprint density at radius 1 is 1.39 bits per heavy atom. The second-order valence-corrected chi connectivity index (χ2v) is 9.42. The maximum Gasteiger partial charge on any atom is 0.222 e. The van der Waals surface area contributed by atoms with Crippen LogP contribution < -0.4 is 9.47 Å². The fourth-order valence-electron chi connectivity index (χ4n) is 5.55. The summed E-state index contributed by atoms with van der Waals surface area (Å²) in [5.74, 6) is 1.94. The molecular formula is C24H31N3O4. The molecular weight excluding hydrogens is 394 g/mol. The van der Waals surface area contributed by atoms with E-state index in [4.69, 9.17) is 14.2 Å². The normalized spacial score (nSPS) is 28.3. The number of benzene rings is 1. The molecule has 0 saturated carbocycles. The number of carbonyl (C=O) groups excluding carboxylic acids is 1. The van der Waals surface area contributed by atoms with Crippen molar-refractivity contribution >= 4 is 5.91 Å². The zero-order valence-electron chi connectivity index (χ0n) is 18.5. The van der Waals surface area contributed by atoms with Crippen molar-refractivity contribution in [2.45, 2.75) is 69.8 Å². The first kappa shape index (κ1) is 20.4. The summed E-state index contributed by atoms with van der Waals surface area (Å²) in [6.45, 7) is 5.01. The molecule has 2 saturated heterocycles. The molecule has 3 aliphatic rings. The molecule has 5 rings (SSSR count). The van der Waals surface area contributed by atoms with E-state index in [1.807, 2.05) is 24.5 Å². The molecule has 1 N–H and O–H groups in total. The van der Waals surface area contributed by atoms with E-state index >= 15 is 0 Å². The number of H-pyrrole nitrogens is 1. The number of rotatable bonds is 5. The number of aromatic amines is 1. The molecule has 4 heterocycles. The summed E-state index contributed by atoms with van der Waals surface area (Å²) in [5.41, 5.74) is 1.80. The topological polar surface area (TPSA) is 76.7 Å². The smallest absolute Gasteiger partial charge is 0.222 e. The highest BCUT2D eigenvalue weighted by Gasteiger charge is 2.54. The van der Waals surface area contributed by atoms with E-state index in [-0.39, 0.29) is 30.1 Å². The van der Waals surface area contributed by atoms with E-state index < -0.39 is 5.60 Å². The van der Waals surface area contributed by atoms with Gasteiger partial charge in [0.25, 0.3) is 0 Å². The number of carbonyl (C=O) groups is 1. The highest BCUT2D eigenvalue weighted by molar-refractivity contribution is 5.77. The van der Waals surface area contributed by atoms with Crippen molar-refractivity contribution in [2.24, 2.45) is 5.92 Å². The Morgan fingerprint density at radius 2 is 2.26 bits per heavy atom. The molecule has 7 nitrogen and oxygen atoms in total. The summed E-state index contributed by atoms with van der Waals surface area (Å²) in [5, 5.41) is 6.80. The molecule has 1 aromatic heterocycles. The molecule has 0 unspecified atom stereocenters. The van der Waals surface area contributed by atoms with Crippen molar-refractivity contribution in [3.05, 3.63) is 41.7 Å². The number of amides is 1. The maximum absolute atomic E-state index is 13.0. The predicted molar refractivity (Wildman–Crippen MR) is 115 cm³/mol. The molecule has 0 radical (unpaired) electrons. The fourth-order valence-corrected chi connectivity index (χ4v) is 5.55. The SMILES string of the molecule is COc1cccc2c1OC(C)(C)[C@@H]1C[C@H]3[C@@H](CCN3C(=O)CCCc3cn[nH]c3)O[C@@H]21. The summed E-state index contributed by atoms with van der Waals surface area (Å²) in [4.78, 5) is 15.1. The maximum atomic E-state index is 13.0. The molecule has 4 atom stereocenters. The van der Waals surface area contributed by atoms with Crippen LogP contribution in [0.4, 0.5) is 0 Å². The average molecular weight is 426 g/mol. The van der Waals surface area contributed by atoms with Crippen LogP contribution in [0.2, 0.25) is 0 Å². The number of likely N-dealkylation sites (tertiary alicyclic amines) is 1. The van der Waals surface area contributed by atoms with Crippen LogP contribution >= 0.6 is 0 Å². The summed E-state index contributed by atoms with van der Waals surface area (Å²) in [6, 6.07) is 6.13. The van der Waals surface area contributed by atoms with E-state index in [0.29, 0.717) is 6.42 Å². The van der Waals surface area contributed by atoms with Crippen molar-refractivity contribution in [2.75, 3.05) is 13.7 Å². The molecule has 166 valence electrons. The molecule has 31 heavy (non-hydrogen) atoms. The van der Waals surface area contributed by atoms with Crippen LogP contribution in [-0.2, 0) is 16.0 Å². The van der Waals surface area contributed by atoms with E-state index in [0.717, 1.165) is 54.9 Å². The zero-order chi connectivity index (χ0) is 21.6. The van der Waals surface area contributed by atoms with Gasteiger partial charge in [0.2, 0.25) is 5.91 Å². The number of aryl methyl sites for hydroxylation is 1. The van der Waals surface area contributed by atoms with E-state index in [1.54, 1.807) is 7.11 Å². The Labute approximate surface area is 183 Å². The Bertz CT molecular complexity index is 942. The van der Waals surface area contributed by atoms with Crippen LogP contribution in [0.25, 0.3) is 0 Å². The van der Waals surface area contributed by atoms with Gasteiger partial charge in [0.05, 0.1) is 31.6 Å². The third-order valence-corrected chi connectivity index (χ3v) is 7.19. The van der Waals surface area contributed by atoms with Gasteiger partial charge in [-0.1, -0.05) is 12.1 Å². The summed E-state index contributed by atoms with van der Waals surface area (Å²) < 4.78 is 18.7. The fraction of sp³-hybridized carbons (Fsp3) is 0.583. The van der Waals surface area contributed by atoms with Crippen LogP contribution in [0.1, 0.15) is 56.8 Å². The van der Waals surface area contributed by atoms with Crippen LogP contribution in [-0.4, -0.2) is 52.4 Å². The number of ether oxygens (including phenoxy) is 3. The monoisotopic (exact) mass is 425 g/mol. The lowest BCUT2D eigenvalue weighted by atomic mass is 9.74. The lowest BCUT2D eigenvalue weighted by Gasteiger charge is -2.50. The number of nitrogens with zero attached hydrogens (tertiary/aromatic N) is 2. The van der Waals surface area contributed by atoms with Crippen molar-refractivity contribution in [1.82, 2.24) is 15.1 Å². The van der Waals surface area contributed by atoms with E-state index in [1.165, 1.54) is 0 Å². The van der Waals surface area contributed by atoms with Gasteiger partial charge in [0.15, 0.2) is 11.5 Å². The second kappa shape index (κ2) is 7.86. The van der Waals surface area contributed by atoms with Crippen LogP contribution in [0.5, 0.6) is 11.5 Å². The molecule has 3 aliphatic heterocycles. The van der Waals surface area contributed by atoms with Crippen molar-refractivity contribution in [3.63, 3.8) is 0 Å².